The Morgan fingerprint density at radius 1 is 0.704 bits per heavy atom. The van der Waals surface area contributed by atoms with E-state index in [0.29, 0.717) is 0 Å². The second-order valence-corrected chi connectivity index (χ2v) is 9.85. The van der Waals surface area contributed by atoms with Crippen LogP contribution in [-0.4, -0.2) is 41.3 Å². The molecule has 0 spiro atoms. The van der Waals surface area contributed by atoms with Crippen LogP contribution in [0.2, 0.25) is 0 Å². The van der Waals surface area contributed by atoms with E-state index >= 15 is 0 Å². The van der Waals surface area contributed by atoms with Crippen molar-refractivity contribution in [2.24, 2.45) is 0 Å². The minimum absolute atomic E-state index is 1.01. The van der Waals surface area contributed by atoms with Gasteiger partial charge in [0.15, 0.2) is 8.68 Å². The normalized spacial score (nSPS) is 11.3. The molecule has 0 atom stereocenters. The fourth-order valence-corrected chi connectivity index (χ4v) is 5.76. The molecule has 0 saturated carbocycles. The lowest BCUT2D eigenvalue weighted by atomic mass is 10.2. The zero-order valence-corrected chi connectivity index (χ0v) is 17.9. The highest BCUT2D eigenvalue weighted by molar-refractivity contribution is 8.03. The van der Waals surface area contributed by atoms with Crippen molar-refractivity contribution in [2.75, 3.05) is 11.5 Å². The molecule has 3 aromatic heterocycles. The summed E-state index contributed by atoms with van der Waals surface area (Å²) in [5.41, 5.74) is 0. The fourth-order valence-electron chi connectivity index (χ4n) is 2.60. The molecule has 3 heterocycles. The molecule has 9 heteroatoms. The van der Waals surface area contributed by atoms with Crippen molar-refractivity contribution in [1.82, 2.24) is 29.8 Å². The van der Waals surface area contributed by atoms with E-state index in [0.717, 1.165) is 33.3 Å². The second-order valence-electron chi connectivity index (χ2n) is 6.19. The third kappa shape index (κ3) is 8.06. The smallest absolute Gasteiger partial charge is 0.175 e. The Bertz CT molecular complexity index is 665. The van der Waals surface area contributed by atoms with Crippen LogP contribution >= 0.6 is 34.9 Å². The van der Waals surface area contributed by atoms with E-state index in [-0.39, 0.29) is 0 Å². The van der Waals surface area contributed by atoms with Crippen LogP contribution in [0, 0.1) is 0 Å². The zero-order chi connectivity index (χ0) is 18.6. The van der Waals surface area contributed by atoms with E-state index in [2.05, 4.69) is 20.4 Å². The van der Waals surface area contributed by atoms with E-state index in [1.54, 1.807) is 11.3 Å². The summed E-state index contributed by atoms with van der Waals surface area (Å²) in [4.78, 5) is 0. The van der Waals surface area contributed by atoms with Crippen molar-refractivity contribution in [2.45, 2.75) is 60.3 Å². The molecular formula is C18H26N6S3. The number of aryl methyl sites for hydroxylation is 2. The summed E-state index contributed by atoms with van der Waals surface area (Å²) in [7, 11) is 0. The molecular weight excluding hydrogens is 396 g/mol. The van der Waals surface area contributed by atoms with Crippen molar-refractivity contribution in [3.63, 3.8) is 0 Å². The van der Waals surface area contributed by atoms with E-state index in [1.807, 2.05) is 69.8 Å². The Balaban J connectivity index is 1.18. The average Bonchev–Trinajstić information content (AvgIpc) is 3.44. The Hall–Kier alpha value is -1.32. The third-order valence-electron chi connectivity index (χ3n) is 4.02. The first-order chi connectivity index (χ1) is 13.4. The summed E-state index contributed by atoms with van der Waals surface area (Å²) < 4.78 is 6.20. The molecule has 0 N–H and O–H groups in total. The van der Waals surface area contributed by atoms with Crippen molar-refractivity contribution < 1.29 is 0 Å². The van der Waals surface area contributed by atoms with Crippen LogP contribution in [0.4, 0.5) is 0 Å². The van der Waals surface area contributed by atoms with Gasteiger partial charge in [-0.3, -0.25) is 9.36 Å². The van der Waals surface area contributed by atoms with Crippen LogP contribution in [0.15, 0.2) is 45.6 Å². The third-order valence-corrected chi connectivity index (χ3v) is 7.38. The minimum Gasteiger partial charge on any atom is -0.273 e. The van der Waals surface area contributed by atoms with Crippen molar-refractivity contribution in [1.29, 1.82) is 0 Å². The van der Waals surface area contributed by atoms with Crippen molar-refractivity contribution in [3.8, 4) is 0 Å². The molecule has 0 unspecified atom stereocenters. The largest absolute Gasteiger partial charge is 0.273 e. The van der Waals surface area contributed by atoms with Crippen LogP contribution < -0.4 is 0 Å². The summed E-state index contributed by atoms with van der Waals surface area (Å²) >= 11 is 5.40. The Morgan fingerprint density at radius 3 is 1.67 bits per heavy atom. The van der Waals surface area contributed by atoms with E-state index < -0.39 is 0 Å². The number of hydrogen-bond donors (Lipinski definition) is 0. The molecule has 3 rings (SSSR count). The van der Waals surface area contributed by atoms with Gasteiger partial charge in [-0.15, -0.1) is 10.2 Å². The van der Waals surface area contributed by atoms with Gasteiger partial charge in [0.1, 0.15) is 0 Å². The van der Waals surface area contributed by atoms with Gasteiger partial charge in [0.25, 0.3) is 0 Å². The molecule has 6 nitrogen and oxygen atoms in total. The highest BCUT2D eigenvalue weighted by Crippen LogP contribution is 2.29. The first kappa shape index (κ1) is 20.4. The van der Waals surface area contributed by atoms with Crippen LogP contribution in [0.1, 0.15) is 38.5 Å². The van der Waals surface area contributed by atoms with Gasteiger partial charge < -0.3 is 0 Å². The first-order valence-electron chi connectivity index (χ1n) is 9.44. The lowest BCUT2D eigenvalue weighted by Crippen LogP contribution is -1.97. The van der Waals surface area contributed by atoms with Crippen LogP contribution in [0.5, 0.6) is 0 Å². The van der Waals surface area contributed by atoms with Gasteiger partial charge in [0.2, 0.25) is 0 Å². The summed E-state index contributed by atoms with van der Waals surface area (Å²) in [6.07, 6.45) is 15.0. The molecule has 0 bridgehead atoms. The monoisotopic (exact) mass is 422 g/mol. The molecule has 0 aliphatic carbocycles. The predicted molar refractivity (Wildman–Crippen MR) is 114 cm³/mol. The summed E-state index contributed by atoms with van der Waals surface area (Å²) in [6.45, 7) is 2.03. The van der Waals surface area contributed by atoms with Crippen molar-refractivity contribution >= 4 is 34.9 Å². The van der Waals surface area contributed by atoms with E-state index in [4.69, 9.17) is 0 Å². The number of thioether (sulfide) groups is 2. The lowest BCUT2D eigenvalue weighted by molar-refractivity contribution is 0.554. The number of aromatic nitrogens is 6. The van der Waals surface area contributed by atoms with Gasteiger partial charge in [-0.25, -0.2) is 0 Å². The zero-order valence-electron chi connectivity index (χ0n) is 15.4. The molecule has 0 saturated heterocycles. The SMILES string of the molecule is c1cnn(CCCCCSc2nnc(SCCCCCn3cccn3)s2)c1. The summed E-state index contributed by atoms with van der Waals surface area (Å²) in [6, 6.07) is 3.95. The first-order valence-corrected chi connectivity index (χ1v) is 12.2. The summed E-state index contributed by atoms with van der Waals surface area (Å²) in [5.74, 6) is 2.23. The van der Waals surface area contributed by atoms with Gasteiger partial charge in [0, 0.05) is 49.4 Å². The van der Waals surface area contributed by atoms with Gasteiger partial charge in [-0.2, -0.15) is 10.2 Å². The van der Waals surface area contributed by atoms with Crippen LogP contribution in [-0.2, 0) is 13.1 Å². The molecule has 27 heavy (non-hydrogen) atoms. The molecule has 146 valence electrons. The molecule has 0 radical (unpaired) electrons. The quantitative estimate of drug-likeness (QED) is 0.273. The number of rotatable bonds is 14. The van der Waals surface area contributed by atoms with E-state index in [9.17, 15) is 0 Å². The highest BCUT2D eigenvalue weighted by Gasteiger charge is 2.05. The topological polar surface area (TPSA) is 61.4 Å². The Labute approximate surface area is 173 Å². The molecule has 0 aliphatic heterocycles. The lowest BCUT2D eigenvalue weighted by Gasteiger charge is -2.01. The maximum Gasteiger partial charge on any atom is 0.175 e. The molecule has 3 aromatic rings. The maximum absolute atomic E-state index is 4.31. The average molecular weight is 423 g/mol. The fraction of sp³-hybridized carbons (Fsp3) is 0.556. The number of hydrogen-bond acceptors (Lipinski definition) is 7. The molecule has 0 amide bonds. The van der Waals surface area contributed by atoms with Gasteiger partial charge in [0.05, 0.1) is 0 Å². The van der Waals surface area contributed by atoms with Gasteiger partial charge in [-0.1, -0.05) is 47.7 Å². The maximum atomic E-state index is 4.31. The molecule has 0 aromatic carbocycles. The Kier molecular flexibility index (Phi) is 9.22. The van der Waals surface area contributed by atoms with Gasteiger partial charge in [-0.05, 0) is 37.8 Å². The molecule has 0 aliphatic rings. The van der Waals surface area contributed by atoms with E-state index in [1.165, 1.54) is 38.5 Å². The highest BCUT2D eigenvalue weighted by atomic mass is 32.2. The van der Waals surface area contributed by atoms with Crippen molar-refractivity contribution in [3.05, 3.63) is 36.9 Å². The number of nitrogens with zero attached hydrogens (tertiary/aromatic N) is 6. The summed E-state index contributed by atoms with van der Waals surface area (Å²) in [5, 5.41) is 17.1. The predicted octanol–water partition coefficient (Wildman–Crippen LogP) is 4.86. The van der Waals surface area contributed by atoms with Gasteiger partial charge >= 0.3 is 0 Å². The minimum atomic E-state index is 1.01. The number of unbranched alkanes of at least 4 members (excludes halogenated alkanes) is 4. The second kappa shape index (κ2) is 12.2. The van der Waals surface area contributed by atoms with Crippen LogP contribution in [0.25, 0.3) is 0 Å². The molecule has 0 fully saturated rings. The standard InChI is InChI=1S/C18H26N6S3/c1(3-11-23-13-7-9-19-23)5-15-25-17-21-22-18(27-17)26-16-6-2-4-12-24-14-8-10-20-24/h7-10,13-14H,1-6,11-12,15-16H2. The van der Waals surface area contributed by atoms with Crippen LogP contribution in [0.3, 0.4) is 0 Å². The Morgan fingerprint density at radius 2 is 1.22 bits per heavy atom.